The summed E-state index contributed by atoms with van der Waals surface area (Å²) in [6.07, 6.45) is 1.36. The number of rotatable bonds is 7. The highest BCUT2D eigenvalue weighted by Crippen LogP contribution is 2.28. The fourth-order valence-corrected chi connectivity index (χ4v) is 4.57. The van der Waals surface area contributed by atoms with E-state index in [1.807, 2.05) is 26.0 Å². The Labute approximate surface area is 178 Å². The van der Waals surface area contributed by atoms with E-state index in [1.165, 1.54) is 11.4 Å². The number of hydrogen-bond donors (Lipinski definition) is 1. The van der Waals surface area contributed by atoms with Gasteiger partial charge in [-0.2, -0.15) is 0 Å². The Bertz CT molecular complexity index is 1060. The van der Waals surface area contributed by atoms with Crippen molar-refractivity contribution in [3.8, 4) is 0 Å². The molecule has 162 valence electrons. The minimum absolute atomic E-state index is 0.266. The van der Waals surface area contributed by atoms with Crippen LogP contribution in [0, 0.1) is 20.8 Å². The van der Waals surface area contributed by atoms with Crippen LogP contribution >= 0.6 is 0 Å². The van der Waals surface area contributed by atoms with E-state index in [0.29, 0.717) is 22.5 Å². The summed E-state index contributed by atoms with van der Waals surface area (Å²) in [5, 5.41) is 2.78. The number of ether oxygens (including phenoxy) is 1. The lowest BCUT2D eigenvalue weighted by Gasteiger charge is -2.31. The number of hydrogen-bond acceptors (Lipinski definition) is 5. The average molecular weight is 433 g/mol. The second-order valence-corrected chi connectivity index (χ2v) is 9.09. The standard InChI is InChI=1S/C22H28N2O5S/c1-7-19(24(30(6,27)28)20-13-14(2)11-12-15(20)3)21(25)23-18-10-8-9-17(16(18)4)22(26)29-5/h8-13,19H,7H2,1-6H3,(H,23,25)/t19-/m1/s1. The van der Waals surface area contributed by atoms with Crippen LogP contribution in [0.3, 0.4) is 0 Å². The third-order valence-electron chi connectivity index (χ3n) is 4.93. The minimum atomic E-state index is -3.74. The SMILES string of the molecule is CC[C@H](C(=O)Nc1cccc(C(=O)OC)c1C)N(c1cc(C)ccc1C)S(C)(=O)=O. The second kappa shape index (κ2) is 9.30. The van der Waals surface area contributed by atoms with Gasteiger partial charge >= 0.3 is 5.97 Å². The maximum Gasteiger partial charge on any atom is 0.338 e. The van der Waals surface area contributed by atoms with Crippen LogP contribution in [-0.2, 0) is 19.6 Å². The molecule has 0 heterocycles. The van der Waals surface area contributed by atoms with Crippen molar-refractivity contribution in [1.82, 2.24) is 0 Å². The first kappa shape index (κ1) is 23.4. The number of esters is 1. The van der Waals surface area contributed by atoms with Gasteiger partial charge < -0.3 is 10.1 Å². The van der Waals surface area contributed by atoms with Crippen molar-refractivity contribution < 1.29 is 22.7 Å². The van der Waals surface area contributed by atoms with E-state index in [-0.39, 0.29) is 6.42 Å². The van der Waals surface area contributed by atoms with Crippen LogP contribution in [0.25, 0.3) is 0 Å². The summed E-state index contributed by atoms with van der Waals surface area (Å²) < 4.78 is 31.3. The molecule has 1 atom stereocenters. The molecular weight excluding hydrogens is 404 g/mol. The van der Waals surface area contributed by atoms with Gasteiger partial charge in [0.1, 0.15) is 6.04 Å². The van der Waals surface area contributed by atoms with Crippen molar-refractivity contribution in [2.75, 3.05) is 23.0 Å². The summed E-state index contributed by atoms with van der Waals surface area (Å²) in [7, 11) is -2.46. The summed E-state index contributed by atoms with van der Waals surface area (Å²) >= 11 is 0. The third-order valence-corrected chi connectivity index (χ3v) is 6.09. The second-order valence-electron chi connectivity index (χ2n) is 7.23. The van der Waals surface area contributed by atoms with Crippen LogP contribution < -0.4 is 9.62 Å². The summed E-state index contributed by atoms with van der Waals surface area (Å²) in [6, 6.07) is 9.42. The van der Waals surface area contributed by atoms with Crippen LogP contribution in [-0.4, -0.2) is 39.7 Å². The van der Waals surface area contributed by atoms with Gasteiger partial charge in [-0.05, 0) is 62.1 Å². The zero-order valence-electron chi connectivity index (χ0n) is 18.1. The zero-order chi connectivity index (χ0) is 22.6. The van der Waals surface area contributed by atoms with E-state index in [9.17, 15) is 18.0 Å². The quantitative estimate of drug-likeness (QED) is 0.675. The van der Waals surface area contributed by atoms with E-state index in [1.54, 1.807) is 38.1 Å². The van der Waals surface area contributed by atoms with Crippen LogP contribution in [0.1, 0.15) is 40.4 Å². The molecule has 0 aliphatic carbocycles. The number of benzene rings is 2. The molecule has 0 fully saturated rings. The van der Waals surface area contributed by atoms with Crippen LogP contribution in [0.2, 0.25) is 0 Å². The molecule has 1 amide bonds. The number of sulfonamides is 1. The normalized spacial score (nSPS) is 12.2. The van der Waals surface area contributed by atoms with Gasteiger partial charge in [-0.15, -0.1) is 0 Å². The molecule has 7 nitrogen and oxygen atoms in total. The van der Waals surface area contributed by atoms with Crippen LogP contribution in [0.4, 0.5) is 11.4 Å². The topological polar surface area (TPSA) is 92.8 Å². The highest BCUT2D eigenvalue weighted by Gasteiger charge is 2.32. The molecule has 0 saturated heterocycles. The number of anilines is 2. The number of nitrogens with zero attached hydrogens (tertiary/aromatic N) is 1. The predicted octanol–water partition coefficient (Wildman–Crippen LogP) is 3.58. The molecule has 2 rings (SSSR count). The fraction of sp³-hybridized carbons (Fsp3) is 0.364. The molecule has 0 saturated carbocycles. The molecule has 30 heavy (non-hydrogen) atoms. The minimum Gasteiger partial charge on any atom is -0.465 e. The first-order chi connectivity index (χ1) is 14.0. The molecule has 0 aliphatic heterocycles. The zero-order valence-corrected chi connectivity index (χ0v) is 19.0. The third kappa shape index (κ3) is 4.99. The fourth-order valence-electron chi connectivity index (χ4n) is 3.31. The highest BCUT2D eigenvalue weighted by atomic mass is 32.2. The van der Waals surface area contributed by atoms with Crippen molar-refractivity contribution in [3.05, 3.63) is 58.7 Å². The van der Waals surface area contributed by atoms with Crippen LogP contribution in [0.5, 0.6) is 0 Å². The van der Waals surface area contributed by atoms with Gasteiger partial charge in [0.05, 0.1) is 24.6 Å². The number of carbonyl (C=O) groups is 2. The van der Waals surface area contributed by atoms with Gasteiger partial charge in [0.15, 0.2) is 0 Å². The maximum atomic E-state index is 13.2. The first-order valence-electron chi connectivity index (χ1n) is 9.56. The highest BCUT2D eigenvalue weighted by molar-refractivity contribution is 7.92. The number of carbonyl (C=O) groups excluding carboxylic acids is 2. The van der Waals surface area contributed by atoms with E-state index >= 15 is 0 Å². The lowest BCUT2D eigenvalue weighted by atomic mass is 10.1. The largest absolute Gasteiger partial charge is 0.465 e. The van der Waals surface area contributed by atoms with E-state index in [2.05, 4.69) is 5.32 Å². The molecule has 2 aromatic rings. The summed E-state index contributed by atoms with van der Waals surface area (Å²) in [6.45, 7) is 7.13. The van der Waals surface area contributed by atoms with Crippen molar-refractivity contribution in [2.45, 2.75) is 40.2 Å². The maximum absolute atomic E-state index is 13.2. The molecule has 8 heteroatoms. The lowest BCUT2D eigenvalue weighted by Crippen LogP contribution is -2.47. The molecule has 1 N–H and O–H groups in total. The summed E-state index contributed by atoms with van der Waals surface area (Å²) in [5.41, 5.74) is 3.42. The smallest absolute Gasteiger partial charge is 0.338 e. The molecule has 0 bridgehead atoms. The average Bonchev–Trinajstić information content (AvgIpc) is 2.68. The first-order valence-corrected chi connectivity index (χ1v) is 11.4. The number of amides is 1. The van der Waals surface area contributed by atoms with Gasteiger partial charge in [0.2, 0.25) is 15.9 Å². The number of methoxy groups -OCH3 is 1. The van der Waals surface area contributed by atoms with Crippen LogP contribution in [0.15, 0.2) is 36.4 Å². The molecule has 2 aromatic carbocycles. The van der Waals surface area contributed by atoms with Crippen molar-refractivity contribution in [2.24, 2.45) is 0 Å². The van der Waals surface area contributed by atoms with Gasteiger partial charge in [0, 0.05) is 5.69 Å². The molecule has 0 radical (unpaired) electrons. The molecule has 0 aliphatic rings. The summed E-state index contributed by atoms with van der Waals surface area (Å²) in [5.74, 6) is -0.988. The van der Waals surface area contributed by atoms with Crippen molar-refractivity contribution in [1.29, 1.82) is 0 Å². The molecule has 0 aromatic heterocycles. The Morgan fingerprint density at radius 1 is 1.13 bits per heavy atom. The Kier molecular flexibility index (Phi) is 7.25. The molecule has 0 unspecified atom stereocenters. The Morgan fingerprint density at radius 3 is 2.37 bits per heavy atom. The van der Waals surface area contributed by atoms with Gasteiger partial charge in [-0.1, -0.05) is 25.1 Å². The van der Waals surface area contributed by atoms with Crippen molar-refractivity contribution in [3.63, 3.8) is 0 Å². The number of aryl methyl sites for hydroxylation is 2. The van der Waals surface area contributed by atoms with Crippen molar-refractivity contribution >= 4 is 33.3 Å². The van der Waals surface area contributed by atoms with E-state index < -0.39 is 27.9 Å². The monoisotopic (exact) mass is 432 g/mol. The number of nitrogens with one attached hydrogen (secondary N) is 1. The van der Waals surface area contributed by atoms with E-state index in [4.69, 9.17) is 4.74 Å². The van der Waals surface area contributed by atoms with Gasteiger partial charge in [-0.3, -0.25) is 9.10 Å². The predicted molar refractivity (Wildman–Crippen MR) is 118 cm³/mol. The van der Waals surface area contributed by atoms with Gasteiger partial charge in [0.25, 0.3) is 0 Å². The molecular formula is C22H28N2O5S. The Morgan fingerprint density at radius 2 is 1.80 bits per heavy atom. The lowest BCUT2D eigenvalue weighted by molar-refractivity contribution is -0.117. The Balaban J connectivity index is 2.48. The Hall–Kier alpha value is -2.87. The molecule has 0 spiro atoms. The van der Waals surface area contributed by atoms with E-state index in [0.717, 1.165) is 17.4 Å². The van der Waals surface area contributed by atoms with Gasteiger partial charge in [-0.25, -0.2) is 13.2 Å². The summed E-state index contributed by atoms with van der Waals surface area (Å²) in [4.78, 5) is 25.1.